The molecule has 0 radical (unpaired) electrons. The van der Waals surface area contributed by atoms with Gasteiger partial charge in [-0.15, -0.1) is 11.3 Å². The monoisotopic (exact) mass is 580 g/mol. The van der Waals surface area contributed by atoms with Crippen molar-refractivity contribution in [3.8, 4) is 0 Å². The SMILES string of the molecule is BrC(Br)(Br)c1ncsc1C(Br)(Br)Br. The van der Waals surface area contributed by atoms with Gasteiger partial charge in [-0.25, -0.2) is 4.98 Å². The van der Waals surface area contributed by atoms with Crippen LogP contribution < -0.4 is 0 Å². The molecule has 0 saturated carbocycles. The average Bonchev–Trinajstić information content (AvgIpc) is 2.27. The maximum atomic E-state index is 4.24. The Morgan fingerprint density at radius 3 is 1.85 bits per heavy atom. The van der Waals surface area contributed by atoms with Crippen LogP contribution in [0.1, 0.15) is 10.6 Å². The molecule has 0 aromatic carbocycles. The van der Waals surface area contributed by atoms with E-state index < -0.39 is 4.29 Å². The van der Waals surface area contributed by atoms with Crippen LogP contribution in [0.25, 0.3) is 0 Å². The van der Waals surface area contributed by atoms with E-state index in [1.165, 1.54) is 0 Å². The van der Waals surface area contributed by atoms with Crippen LogP contribution in [0.15, 0.2) is 5.51 Å². The molecule has 0 atom stereocenters. The lowest BCUT2D eigenvalue weighted by molar-refractivity contribution is 1.16. The number of hydrogen-bond donors (Lipinski definition) is 0. The number of hydrogen-bond acceptors (Lipinski definition) is 2. The van der Waals surface area contributed by atoms with Crippen LogP contribution in [0.5, 0.6) is 0 Å². The molecule has 1 heterocycles. The second-order valence-electron chi connectivity index (χ2n) is 2.03. The highest BCUT2D eigenvalue weighted by molar-refractivity contribution is 9.39. The van der Waals surface area contributed by atoms with Gasteiger partial charge in [0.1, 0.15) is 0 Å². The zero-order valence-corrected chi connectivity index (χ0v) is 16.0. The van der Waals surface area contributed by atoms with Crippen LogP contribution in [-0.4, -0.2) is 4.98 Å². The Morgan fingerprint density at radius 2 is 1.54 bits per heavy atom. The Kier molecular flexibility index (Phi) is 5.00. The first kappa shape index (κ1) is 13.6. The van der Waals surface area contributed by atoms with E-state index in [4.69, 9.17) is 0 Å². The van der Waals surface area contributed by atoms with Gasteiger partial charge in [0, 0.05) is 0 Å². The van der Waals surface area contributed by atoms with E-state index in [1.54, 1.807) is 16.8 Å². The molecule has 1 aromatic rings. The van der Waals surface area contributed by atoms with Crippen LogP contribution >= 0.6 is 107 Å². The summed E-state index contributed by atoms with van der Waals surface area (Å²) in [6, 6.07) is 0. The molecule has 1 aromatic heterocycles. The predicted octanol–water partition coefficient (Wildman–Crippen LogP) is 5.73. The quantitative estimate of drug-likeness (QED) is 0.354. The van der Waals surface area contributed by atoms with Crippen molar-refractivity contribution < 1.29 is 0 Å². The first-order valence-electron chi connectivity index (χ1n) is 2.81. The van der Waals surface area contributed by atoms with Crippen LogP contribution in [-0.2, 0) is 4.29 Å². The molecule has 0 unspecified atom stereocenters. The highest BCUT2D eigenvalue weighted by Crippen LogP contribution is 2.54. The molecule has 0 bridgehead atoms. The molecule has 74 valence electrons. The highest BCUT2D eigenvalue weighted by atomic mass is 80.0. The highest BCUT2D eigenvalue weighted by Gasteiger charge is 2.35. The topological polar surface area (TPSA) is 12.9 Å². The molecule has 0 spiro atoms. The predicted molar refractivity (Wildman–Crippen MR) is 79.0 cm³/mol. The van der Waals surface area contributed by atoms with Gasteiger partial charge in [-0.2, -0.15) is 0 Å². The second-order valence-corrected chi connectivity index (χ2v) is 16.4. The van der Waals surface area contributed by atoms with Crippen molar-refractivity contribution in [2.75, 3.05) is 0 Å². The summed E-state index contributed by atoms with van der Waals surface area (Å²) >= 11 is 22.2. The van der Waals surface area contributed by atoms with E-state index in [-0.39, 0.29) is 0 Å². The van der Waals surface area contributed by atoms with Crippen LogP contribution in [0.3, 0.4) is 0 Å². The van der Waals surface area contributed by atoms with Crippen LogP contribution in [0.2, 0.25) is 0 Å². The normalized spacial score (nSPS) is 13.4. The number of thiazole rings is 1. The van der Waals surface area contributed by atoms with E-state index >= 15 is 0 Å². The Bertz CT molecular complexity index is 268. The number of alkyl halides is 6. The lowest BCUT2D eigenvalue weighted by atomic mass is 10.4. The summed E-state index contributed by atoms with van der Waals surface area (Å²) in [5.74, 6) is 0. The average molecular weight is 587 g/mol. The zero-order valence-electron chi connectivity index (χ0n) is 5.70. The van der Waals surface area contributed by atoms with Gasteiger partial charge in [-0.1, -0.05) is 95.6 Å². The van der Waals surface area contributed by atoms with Gasteiger partial charge in [0.25, 0.3) is 0 Å². The van der Waals surface area contributed by atoms with Gasteiger partial charge in [-0.05, 0) is 0 Å². The largest absolute Gasteiger partial charge is 0.246 e. The van der Waals surface area contributed by atoms with E-state index in [0.29, 0.717) is 0 Å². The third kappa shape index (κ3) is 3.78. The minimum Gasteiger partial charge on any atom is -0.246 e. The summed E-state index contributed by atoms with van der Waals surface area (Å²) in [6.07, 6.45) is 0. The van der Waals surface area contributed by atoms with Gasteiger partial charge in [0.05, 0.1) is 16.1 Å². The molecule has 0 fully saturated rings. The minimum atomic E-state index is -0.483. The second kappa shape index (κ2) is 4.79. The molecule has 0 aliphatic heterocycles. The first-order chi connectivity index (χ1) is 5.73. The first-order valence-corrected chi connectivity index (χ1v) is 8.44. The molecular formula is C5HBr6NS. The lowest BCUT2D eigenvalue weighted by Gasteiger charge is -2.16. The van der Waals surface area contributed by atoms with E-state index in [0.717, 1.165) is 10.6 Å². The van der Waals surface area contributed by atoms with Gasteiger partial charge in [-0.3, -0.25) is 0 Å². The molecule has 0 amide bonds. The van der Waals surface area contributed by atoms with Crippen LogP contribution in [0.4, 0.5) is 0 Å². The van der Waals surface area contributed by atoms with Gasteiger partial charge in [0.2, 0.25) is 0 Å². The lowest BCUT2D eigenvalue weighted by Crippen LogP contribution is -2.07. The molecule has 1 rings (SSSR count). The Labute approximate surface area is 130 Å². The number of nitrogens with zero attached hydrogens (tertiary/aromatic N) is 1. The van der Waals surface area contributed by atoms with Gasteiger partial charge < -0.3 is 0 Å². The van der Waals surface area contributed by atoms with Crippen molar-refractivity contribution in [3.63, 3.8) is 0 Å². The summed E-state index contributed by atoms with van der Waals surface area (Å²) in [5, 5.41) is 0. The molecule has 0 saturated heterocycles. The molecule has 0 aliphatic carbocycles. The van der Waals surface area contributed by atoms with Gasteiger partial charge >= 0.3 is 0 Å². The van der Waals surface area contributed by atoms with Crippen molar-refractivity contribution in [3.05, 3.63) is 16.1 Å². The summed E-state index contributed by atoms with van der Waals surface area (Å²) in [5.41, 5.74) is 2.64. The maximum absolute atomic E-state index is 4.24. The summed E-state index contributed by atoms with van der Waals surface area (Å²) in [4.78, 5) is 5.27. The number of halogens is 6. The van der Waals surface area contributed by atoms with E-state index in [9.17, 15) is 0 Å². The van der Waals surface area contributed by atoms with Gasteiger partial charge in [0.15, 0.2) is 4.29 Å². The zero-order chi connectivity index (χ0) is 10.3. The fraction of sp³-hybridized carbons (Fsp3) is 0.400. The molecule has 13 heavy (non-hydrogen) atoms. The maximum Gasteiger partial charge on any atom is 0.177 e. The fourth-order valence-electron chi connectivity index (χ4n) is 0.649. The third-order valence-corrected chi connectivity index (χ3v) is 5.14. The summed E-state index contributed by atoms with van der Waals surface area (Å²) in [6.45, 7) is 0. The smallest absolute Gasteiger partial charge is 0.177 e. The number of rotatable bonds is 0. The number of aromatic nitrogens is 1. The molecule has 8 heteroatoms. The Balaban J connectivity index is 3.19. The van der Waals surface area contributed by atoms with Crippen molar-refractivity contribution in [2.24, 2.45) is 0 Å². The molecule has 0 N–H and O–H groups in total. The van der Waals surface area contributed by atoms with E-state index in [2.05, 4.69) is 101 Å². The summed E-state index contributed by atoms with van der Waals surface area (Å²) in [7, 11) is 0. The van der Waals surface area contributed by atoms with Crippen molar-refractivity contribution in [2.45, 2.75) is 4.29 Å². The van der Waals surface area contributed by atoms with Crippen molar-refractivity contribution in [1.29, 1.82) is 0 Å². The van der Waals surface area contributed by atoms with Crippen LogP contribution in [0, 0.1) is 0 Å². The third-order valence-electron chi connectivity index (χ3n) is 1.09. The van der Waals surface area contributed by atoms with E-state index in [1.807, 2.05) is 0 Å². The Hall–Kier alpha value is 2.51. The fourth-order valence-corrected chi connectivity index (χ4v) is 4.06. The molecule has 0 aliphatic rings. The molecular weight excluding hydrogens is 586 g/mol. The summed E-state index contributed by atoms with van der Waals surface area (Å²) < 4.78 is -0.910. The Morgan fingerprint density at radius 1 is 1.00 bits per heavy atom. The minimum absolute atomic E-state index is 0.427. The van der Waals surface area contributed by atoms with Crippen molar-refractivity contribution >= 4 is 107 Å². The molecule has 1 nitrogen and oxygen atoms in total. The standard InChI is InChI=1S/C5HBr6NS/c6-4(7,8)2-3(5(9,10)11)13-1-12-2/h1H. The van der Waals surface area contributed by atoms with Crippen molar-refractivity contribution in [1.82, 2.24) is 4.98 Å².